The lowest BCUT2D eigenvalue weighted by atomic mass is 9.85. The van der Waals surface area contributed by atoms with E-state index in [9.17, 15) is 14.7 Å². The number of phenolic OH excluding ortho intramolecular Hbond substituents is 1. The number of rotatable bonds is 8. The van der Waals surface area contributed by atoms with Gasteiger partial charge in [0.25, 0.3) is 0 Å². The number of hydrogen-bond acceptors (Lipinski definition) is 6. The van der Waals surface area contributed by atoms with E-state index in [0.717, 1.165) is 27.3 Å². The molecule has 0 fully saturated rings. The number of carbonyl (C=O) groups excluding carboxylic acids is 2. The van der Waals surface area contributed by atoms with Crippen LogP contribution in [0.1, 0.15) is 52.4 Å². The number of aliphatic imine (C=N–C) groups is 1. The highest BCUT2D eigenvalue weighted by atomic mass is 32.2. The van der Waals surface area contributed by atoms with Crippen molar-refractivity contribution < 1.29 is 19.4 Å². The lowest BCUT2D eigenvalue weighted by Gasteiger charge is -2.37. The maximum atomic E-state index is 13.0. The maximum Gasteiger partial charge on any atom is 0.248 e. The van der Waals surface area contributed by atoms with Crippen molar-refractivity contribution in [3.8, 4) is 11.5 Å². The van der Waals surface area contributed by atoms with Crippen LogP contribution in [0.25, 0.3) is 6.08 Å². The molecule has 8 nitrogen and oxygen atoms in total. The number of phenols is 1. The van der Waals surface area contributed by atoms with E-state index in [2.05, 4.69) is 10.3 Å². The Morgan fingerprint density at radius 2 is 1.75 bits per heavy atom. The number of nitrogens with zero attached hydrogens (tertiary/aromatic N) is 1. The average molecular weight is 559 g/mol. The molecule has 208 valence electrons. The van der Waals surface area contributed by atoms with Crippen molar-refractivity contribution in [2.24, 2.45) is 16.5 Å². The first kappa shape index (κ1) is 28.8. The Morgan fingerprint density at radius 1 is 1.07 bits per heavy atom. The third-order valence-corrected chi connectivity index (χ3v) is 7.99. The molecule has 0 saturated heterocycles. The third-order valence-electron chi connectivity index (χ3n) is 6.98. The molecule has 0 aliphatic carbocycles. The summed E-state index contributed by atoms with van der Waals surface area (Å²) in [6.45, 7) is 7.45. The number of aromatic hydroxyl groups is 1. The molecule has 4 rings (SSSR count). The molecular formula is C31H34N4O4S. The van der Waals surface area contributed by atoms with Gasteiger partial charge in [-0.3, -0.25) is 9.59 Å². The summed E-state index contributed by atoms with van der Waals surface area (Å²) in [5.74, 6) is 1.26. The second-order valence-electron chi connectivity index (χ2n) is 10.2. The van der Waals surface area contributed by atoms with Crippen LogP contribution in [-0.2, 0) is 4.79 Å². The molecule has 3 aromatic rings. The SMILES string of the molecule is Cc1c(C)c2c(c(C)c1O)C(=O)CC(C)(CCSc1ccc(NC(=O)C=Cc3ccc(N=C(N)N)cc3)cc1)O2. The van der Waals surface area contributed by atoms with Gasteiger partial charge in [0.15, 0.2) is 11.7 Å². The van der Waals surface area contributed by atoms with E-state index in [0.29, 0.717) is 34.7 Å². The van der Waals surface area contributed by atoms with Crippen molar-refractivity contribution in [3.05, 3.63) is 82.4 Å². The highest BCUT2D eigenvalue weighted by Gasteiger charge is 2.39. The number of ketones is 1. The van der Waals surface area contributed by atoms with E-state index in [1.165, 1.54) is 6.08 Å². The van der Waals surface area contributed by atoms with Crippen molar-refractivity contribution in [1.82, 2.24) is 0 Å². The largest absolute Gasteiger partial charge is 0.507 e. The molecule has 1 aliphatic heterocycles. The zero-order valence-corrected chi connectivity index (χ0v) is 23.9. The zero-order valence-electron chi connectivity index (χ0n) is 23.1. The van der Waals surface area contributed by atoms with Crippen LogP contribution in [0.15, 0.2) is 64.5 Å². The predicted molar refractivity (Wildman–Crippen MR) is 162 cm³/mol. The van der Waals surface area contributed by atoms with Crippen molar-refractivity contribution in [1.29, 1.82) is 0 Å². The molecule has 0 radical (unpaired) electrons. The van der Waals surface area contributed by atoms with Gasteiger partial charge in [0.2, 0.25) is 5.91 Å². The molecule has 0 saturated carbocycles. The van der Waals surface area contributed by atoms with Crippen LogP contribution in [0.4, 0.5) is 11.4 Å². The highest BCUT2D eigenvalue weighted by Crippen LogP contribution is 2.44. The molecule has 1 atom stereocenters. The minimum atomic E-state index is -0.622. The van der Waals surface area contributed by atoms with Gasteiger partial charge >= 0.3 is 0 Å². The quantitative estimate of drug-likeness (QED) is 0.119. The van der Waals surface area contributed by atoms with E-state index in [-0.39, 0.29) is 29.8 Å². The number of fused-ring (bicyclic) bond motifs is 1. The number of thioether (sulfide) groups is 1. The van der Waals surface area contributed by atoms with Crippen LogP contribution in [-0.4, -0.2) is 34.1 Å². The number of nitrogens with one attached hydrogen (secondary N) is 1. The Labute approximate surface area is 238 Å². The fourth-order valence-corrected chi connectivity index (χ4v) is 5.70. The molecule has 40 heavy (non-hydrogen) atoms. The number of guanidine groups is 1. The van der Waals surface area contributed by atoms with Crippen LogP contribution in [0, 0.1) is 20.8 Å². The highest BCUT2D eigenvalue weighted by molar-refractivity contribution is 7.99. The molecule has 1 aliphatic rings. The number of benzene rings is 3. The van der Waals surface area contributed by atoms with Gasteiger partial charge in [-0.2, -0.15) is 0 Å². The lowest BCUT2D eigenvalue weighted by molar-refractivity contribution is -0.111. The van der Waals surface area contributed by atoms with E-state index in [4.69, 9.17) is 16.2 Å². The fraction of sp³-hybridized carbons (Fsp3) is 0.258. The summed E-state index contributed by atoms with van der Waals surface area (Å²) in [4.78, 5) is 30.4. The topological polar surface area (TPSA) is 140 Å². The minimum Gasteiger partial charge on any atom is -0.507 e. The summed E-state index contributed by atoms with van der Waals surface area (Å²) in [5, 5.41) is 13.2. The second-order valence-corrected chi connectivity index (χ2v) is 11.3. The van der Waals surface area contributed by atoms with Gasteiger partial charge in [-0.15, -0.1) is 11.8 Å². The van der Waals surface area contributed by atoms with Crippen LogP contribution < -0.4 is 21.5 Å². The zero-order chi connectivity index (χ0) is 29.0. The third kappa shape index (κ3) is 6.66. The monoisotopic (exact) mass is 558 g/mol. The Morgan fingerprint density at radius 3 is 2.40 bits per heavy atom. The van der Waals surface area contributed by atoms with Crippen LogP contribution in [0.5, 0.6) is 11.5 Å². The number of carbonyl (C=O) groups is 2. The van der Waals surface area contributed by atoms with Gasteiger partial charge in [0.05, 0.1) is 17.7 Å². The smallest absolute Gasteiger partial charge is 0.248 e. The van der Waals surface area contributed by atoms with Gasteiger partial charge < -0.3 is 26.6 Å². The van der Waals surface area contributed by atoms with Gasteiger partial charge in [0, 0.05) is 28.0 Å². The van der Waals surface area contributed by atoms with E-state index >= 15 is 0 Å². The van der Waals surface area contributed by atoms with E-state index in [1.807, 2.05) is 57.2 Å². The molecule has 0 bridgehead atoms. The Bertz CT molecular complexity index is 1490. The van der Waals surface area contributed by atoms with Crippen LogP contribution >= 0.6 is 11.8 Å². The standard InChI is InChI=1S/C31H34N4O4S/c1-18-19(2)29-27(20(3)28(18)38)25(36)17-31(4,39-29)15-16-40-24-12-10-22(11-13-24)34-26(37)14-7-21-5-8-23(9-6-21)35-30(32)33/h5-14,38H,15-17H2,1-4H3,(H,34,37)(H4,32,33,35). The molecule has 1 amide bonds. The summed E-state index contributed by atoms with van der Waals surface area (Å²) in [7, 11) is 0. The number of amides is 1. The Hall–Kier alpha value is -4.24. The molecule has 1 heterocycles. The van der Waals surface area contributed by atoms with Crippen molar-refractivity contribution in [3.63, 3.8) is 0 Å². The summed E-state index contributed by atoms with van der Waals surface area (Å²) in [5.41, 5.74) is 14.9. The number of Topliss-reactive ketones (excluding diaryl/α,β-unsaturated/α-hetero) is 1. The van der Waals surface area contributed by atoms with Crippen LogP contribution in [0.2, 0.25) is 0 Å². The fourth-order valence-electron chi connectivity index (χ4n) is 4.60. The van der Waals surface area contributed by atoms with E-state index in [1.54, 1.807) is 36.9 Å². The number of anilines is 1. The Kier molecular flexibility index (Phi) is 8.54. The lowest BCUT2D eigenvalue weighted by Crippen LogP contribution is -2.40. The number of hydrogen-bond donors (Lipinski definition) is 4. The second kappa shape index (κ2) is 11.9. The Balaban J connectivity index is 1.30. The number of ether oxygens (including phenoxy) is 1. The first-order valence-corrected chi connectivity index (χ1v) is 13.9. The van der Waals surface area contributed by atoms with Crippen molar-refractivity contribution in [2.45, 2.75) is 51.0 Å². The van der Waals surface area contributed by atoms with Crippen molar-refractivity contribution >= 4 is 46.9 Å². The van der Waals surface area contributed by atoms with Crippen molar-refractivity contribution in [2.75, 3.05) is 11.1 Å². The molecule has 0 spiro atoms. The molecule has 1 unspecified atom stereocenters. The first-order chi connectivity index (χ1) is 19.0. The molecule has 3 aromatic carbocycles. The van der Waals surface area contributed by atoms with Gasteiger partial charge in [-0.25, -0.2) is 4.99 Å². The first-order valence-electron chi connectivity index (χ1n) is 12.9. The summed E-state index contributed by atoms with van der Waals surface area (Å²) in [6.07, 6.45) is 4.12. The molecule has 0 aromatic heterocycles. The minimum absolute atomic E-state index is 0.00162. The normalized spacial score (nSPS) is 16.4. The maximum absolute atomic E-state index is 13.0. The van der Waals surface area contributed by atoms with E-state index < -0.39 is 5.60 Å². The van der Waals surface area contributed by atoms with Crippen LogP contribution in [0.3, 0.4) is 0 Å². The van der Waals surface area contributed by atoms with Gasteiger partial charge in [-0.05, 0) is 93.3 Å². The number of nitrogens with two attached hydrogens (primary N) is 2. The average Bonchev–Trinajstić information content (AvgIpc) is 2.90. The molecule has 9 heteroatoms. The molecular weight excluding hydrogens is 524 g/mol. The summed E-state index contributed by atoms with van der Waals surface area (Å²) in [6, 6.07) is 14.8. The summed E-state index contributed by atoms with van der Waals surface area (Å²) < 4.78 is 6.40. The molecule has 6 N–H and O–H groups in total. The summed E-state index contributed by atoms with van der Waals surface area (Å²) >= 11 is 1.67. The van der Waals surface area contributed by atoms with Gasteiger partial charge in [0.1, 0.15) is 17.1 Å². The van der Waals surface area contributed by atoms with Gasteiger partial charge in [-0.1, -0.05) is 12.1 Å². The predicted octanol–water partition coefficient (Wildman–Crippen LogP) is 5.78.